The van der Waals surface area contributed by atoms with E-state index >= 15 is 0 Å². The highest BCUT2D eigenvalue weighted by Gasteiger charge is 2.06. The Morgan fingerprint density at radius 2 is 2.22 bits per heavy atom. The normalized spacial score (nSPS) is 10.3. The van der Waals surface area contributed by atoms with Gasteiger partial charge in [0.15, 0.2) is 0 Å². The van der Waals surface area contributed by atoms with Gasteiger partial charge in [0.1, 0.15) is 0 Å². The Bertz CT molecular complexity index is 580. The van der Waals surface area contributed by atoms with Gasteiger partial charge in [0, 0.05) is 27.5 Å². The molecule has 0 aliphatic carbocycles. The molecule has 0 saturated heterocycles. The maximum atomic E-state index is 10.8. The standard InChI is InChI=1S/C13H12ClNO2S/c1-8-4-10(14)2-3-12(8)15-6-11-5-9(7-18-11)13(16)17/h2-5,7,15H,6H2,1H3,(H,16,17). The second-order valence-corrected chi connectivity index (χ2v) is 5.35. The number of hydrogen-bond acceptors (Lipinski definition) is 3. The van der Waals surface area contributed by atoms with Gasteiger partial charge in [-0.3, -0.25) is 0 Å². The molecular weight excluding hydrogens is 270 g/mol. The number of rotatable bonds is 4. The smallest absolute Gasteiger partial charge is 0.336 e. The van der Waals surface area contributed by atoms with Crippen molar-refractivity contribution in [1.29, 1.82) is 0 Å². The molecule has 2 aromatic rings. The van der Waals surface area contributed by atoms with E-state index in [-0.39, 0.29) is 0 Å². The van der Waals surface area contributed by atoms with Gasteiger partial charge < -0.3 is 10.4 Å². The minimum Gasteiger partial charge on any atom is -0.478 e. The summed E-state index contributed by atoms with van der Waals surface area (Å²) < 4.78 is 0. The molecule has 1 aromatic heterocycles. The molecule has 0 fully saturated rings. The molecule has 2 N–H and O–H groups in total. The van der Waals surface area contributed by atoms with Gasteiger partial charge in [-0.05, 0) is 36.8 Å². The molecule has 0 spiro atoms. The summed E-state index contributed by atoms with van der Waals surface area (Å²) in [6.45, 7) is 2.59. The monoisotopic (exact) mass is 281 g/mol. The summed E-state index contributed by atoms with van der Waals surface area (Å²) in [5.74, 6) is -0.889. The lowest BCUT2D eigenvalue weighted by Gasteiger charge is -2.08. The minimum absolute atomic E-state index is 0.338. The minimum atomic E-state index is -0.889. The highest BCUT2D eigenvalue weighted by Crippen LogP contribution is 2.21. The lowest BCUT2D eigenvalue weighted by atomic mass is 10.2. The zero-order chi connectivity index (χ0) is 13.1. The summed E-state index contributed by atoms with van der Waals surface area (Å²) in [6, 6.07) is 7.32. The van der Waals surface area contributed by atoms with Crippen molar-refractivity contribution >= 4 is 34.6 Å². The van der Waals surface area contributed by atoms with Crippen LogP contribution in [0.5, 0.6) is 0 Å². The van der Waals surface area contributed by atoms with Crippen molar-refractivity contribution in [3.05, 3.63) is 50.7 Å². The molecule has 0 atom stereocenters. The number of nitrogens with one attached hydrogen (secondary N) is 1. The van der Waals surface area contributed by atoms with Crippen molar-refractivity contribution in [2.24, 2.45) is 0 Å². The molecule has 0 bridgehead atoms. The van der Waals surface area contributed by atoms with Crippen LogP contribution in [0.1, 0.15) is 20.8 Å². The molecule has 0 amide bonds. The van der Waals surface area contributed by atoms with Crippen LogP contribution in [0, 0.1) is 6.92 Å². The molecule has 2 rings (SSSR count). The van der Waals surface area contributed by atoms with E-state index in [9.17, 15) is 4.79 Å². The number of anilines is 1. The molecule has 0 aliphatic heterocycles. The van der Waals surface area contributed by atoms with Crippen LogP contribution in [0.3, 0.4) is 0 Å². The van der Waals surface area contributed by atoms with Gasteiger partial charge in [-0.15, -0.1) is 11.3 Å². The molecule has 3 nitrogen and oxygen atoms in total. The van der Waals surface area contributed by atoms with Crippen molar-refractivity contribution < 1.29 is 9.90 Å². The average Bonchev–Trinajstić information content (AvgIpc) is 2.76. The van der Waals surface area contributed by atoms with E-state index in [0.29, 0.717) is 17.1 Å². The first kappa shape index (κ1) is 12.9. The number of benzene rings is 1. The van der Waals surface area contributed by atoms with Crippen molar-refractivity contribution in [3.8, 4) is 0 Å². The summed E-state index contributed by atoms with van der Waals surface area (Å²) in [7, 11) is 0. The van der Waals surface area contributed by atoms with E-state index in [2.05, 4.69) is 5.32 Å². The second kappa shape index (κ2) is 5.42. The highest BCUT2D eigenvalue weighted by atomic mass is 35.5. The van der Waals surface area contributed by atoms with Crippen molar-refractivity contribution in [2.75, 3.05) is 5.32 Å². The number of aryl methyl sites for hydroxylation is 1. The molecule has 18 heavy (non-hydrogen) atoms. The molecular formula is C13H12ClNO2S. The van der Waals surface area contributed by atoms with Gasteiger partial charge in [0.25, 0.3) is 0 Å². The first-order chi connectivity index (χ1) is 8.56. The predicted molar refractivity (Wildman–Crippen MR) is 74.8 cm³/mol. The highest BCUT2D eigenvalue weighted by molar-refractivity contribution is 7.10. The maximum absolute atomic E-state index is 10.8. The number of carboxylic acid groups (broad SMARTS) is 1. The van der Waals surface area contributed by atoms with Crippen LogP contribution in [0.2, 0.25) is 5.02 Å². The number of aromatic carboxylic acids is 1. The summed E-state index contributed by atoms with van der Waals surface area (Å²) in [5, 5.41) is 14.5. The third kappa shape index (κ3) is 3.03. The number of carbonyl (C=O) groups is 1. The Morgan fingerprint density at radius 1 is 1.44 bits per heavy atom. The first-order valence-electron chi connectivity index (χ1n) is 5.37. The fourth-order valence-electron chi connectivity index (χ4n) is 1.59. The van der Waals surface area contributed by atoms with Crippen LogP contribution in [-0.2, 0) is 6.54 Å². The number of hydrogen-bond donors (Lipinski definition) is 2. The van der Waals surface area contributed by atoms with Gasteiger partial charge >= 0.3 is 5.97 Å². The zero-order valence-electron chi connectivity index (χ0n) is 9.74. The lowest BCUT2D eigenvalue weighted by Crippen LogP contribution is -1.99. The summed E-state index contributed by atoms with van der Waals surface area (Å²) in [6.07, 6.45) is 0. The van der Waals surface area contributed by atoms with Gasteiger partial charge in [0.05, 0.1) is 5.56 Å². The van der Waals surface area contributed by atoms with Gasteiger partial charge in [-0.25, -0.2) is 4.79 Å². The van der Waals surface area contributed by atoms with Crippen molar-refractivity contribution in [1.82, 2.24) is 0 Å². The lowest BCUT2D eigenvalue weighted by molar-refractivity contribution is 0.0697. The quantitative estimate of drug-likeness (QED) is 0.890. The summed E-state index contributed by atoms with van der Waals surface area (Å²) in [4.78, 5) is 11.7. The fraction of sp³-hybridized carbons (Fsp3) is 0.154. The van der Waals surface area contributed by atoms with E-state index in [1.54, 1.807) is 11.4 Å². The Morgan fingerprint density at radius 3 is 2.83 bits per heavy atom. The molecule has 0 radical (unpaired) electrons. The SMILES string of the molecule is Cc1cc(Cl)ccc1NCc1cc(C(=O)O)cs1. The molecule has 0 aliphatic rings. The van der Waals surface area contributed by atoms with Crippen LogP contribution >= 0.6 is 22.9 Å². The first-order valence-corrected chi connectivity index (χ1v) is 6.63. The molecule has 5 heteroatoms. The molecule has 0 saturated carbocycles. The third-order valence-corrected chi connectivity index (χ3v) is 3.71. The van der Waals surface area contributed by atoms with Gasteiger partial charge in [-0.2, -0.15) is 0 Å². The number of carboxylic acids is 1. The summed E-state index contributed by atoms with van der Waals surface area (Å²) >= 11 is 7.32. The topological polar surface area (TPSA) is 49.3 Å². The van der Waals surface area contributed by atoms with E-state index < -0.39 is 5.97 Å². The Kier molecular flexibility index (Phi) is 3.89. The third-order valence-electron chi connectivity index (χ3n) is 2.54. The van der Waals surface area contributed by atoms with Crippen LogP contribution in [0.25, 0.3) is 0 Å². The van der Waals surface area contributed by atoms with Crippen molar-refractivity contribution in [2.45, 2.75) is 13.5 Å². The molecule has 1 heterocycles. The van der Waals surface area contributed by atoms with Crippen LogP contribution in [0.4, 0.5) is 5.69 Å². The van der Waals surface area contributed by atoms with E-state index in [0.717, 1.165) is 16.1 Å². The number of thiophene rings is 1. The second-order valence-electron chi connectivity index (χ2n) is 3.92. The van der Waals surface area contributed by atoms with Gasteiger partial charge in [-0.1, -0.05) is 11.6 Å². The zero-order valence-corrected chi connectivity index (χ0v) is 11.3. The van der Waals surface area contributed by atoms with E-state index in [1.165, 1.54) is 11.3 Å². The van der Waals surface area contributed by atoms with E-state index in [1.807, 2.05) is 25.1 Å². The molecule has 1 aromatic carbocycles. The van der Waals surface area contributed by atoms with Gasteiger partial charge in [0.2, 0.25) is 0 Å². The maximum Gasteiger partial charge on any atom is 0.336 e. The van der Waals surface area contributed by atoms with Crippen LogP contribution in [0.15, 0.2) is 29.6 Å². The van der Waals surface area contributed by atoms with Crippen LogP contribution in [-0.4, -0.2) is 11.1 Å². The predicted octanol–water partition coefficient (Wildman–Crippen LogP) is 4.02. The van der Waals surface area contributed by atoms with E-state index in [4.69, 9.17) is 16.7 Å². The fourth-order valence-corrected chi connectivity index (χ4v) is 2.62. The Balaban J connectivity index is 2.04. The molecule has 0 unspecified atom stereocenters. The summed E-state index contributed by atoms with van der Waals surface area (Å²) in [5.41, 5.74) is 2.41. The molecule has 94 valence electrons. The Labute approximate surface area is 114 Å². The largest absolute Gasteiger partial charge is 0.478 e. The van der Waals surface area contributed by atoms with Crippen molar-refractivity contribution in [3.63, 3.8) is 0 Å². The Hall–Kier alpha value is -1.52. The number of halogens is 1. The van der Waals surface area contributed by atoms with Crippen LogP contribution < -0.4 is 5.32 Å². The average molecular weight is 282 g/mol.